The van der Waals surface area contributed by atoms with E-state index in [0.29, 0.717) is 13.0 Å². The van der Waals surface area contributed by atoms with E-state index in [4.69, 9.17) is 0 Å². The highest BCUT2D eigenvalue weighted by atomic mass is 19.4. The van der Waals surface area contributed by atoms with Gasteiger partial charge in [-0.1, -0.05) is 6.07 Å². The van der Waals surface area contributed by atoms with E-state index in [1.807, 2.05) is 4.90 Å². The van der Waals surface area contributed by atoms with E-state index in [-0.39, 0.29) is 17.3 Å². The lowest BCUT2D eigenvalue weighted by Gasteiger charge is -2.27. The summed E-state index contributed by atoms with van der Waals surface area (Å²) in [6.07, 6.45) is -3.27. The molecule has 4 atom stereocenters. The number of hydrogen-bond donors (Lipinski definition) is 0. The molecule has 0 spiro atoms. The van der Waals surface area contributed by atoms with Crippen LogP contribution in [0.5, 0.6) is 0 Å². The number of ketones is 1. The Morgan fingerprint density at radius 1 is 0.969 bits per heavy atom. The van der Waals surface area contributed by atoms with E-state index >= 15 is 0 Å². The van der Waals surface area contributed by atoms with Crippen LogP contribution in [0.3, 0.4) is 0 Å². The van der Waals surface area contributed by atoms with Crippen LogP contribution in [0.25, 0.3) is 0 Å². The first-order valence-electron chi connectivity index (χ1n) is 10.3. The number of hydrogen-bond acceptors (Lipinski definition) is 4. The zero-order valence-corrected chi connectivity index (χ0v) is 16.7. The number of nitrogens with zero attached hydrogens (tertiary/aromatic N) is 2. The zero-order chi connectivity index (χ0) is 22.8. The number of Topliss-reactive ketones (excluding diaryl/α,β-unsaturated/α-hetero) is 1. The second kappa shape index (κ2) is 7.23. The molecule has 2 aromatic carbocycles. The summed E-state index contributed by atoms with van der Waals surface area (Å²) in [4.78, 5) is 42.7. The zero-order valence-electron chi connectivity index (χ0n) is 16.7. The van der Waals surface area contributed by atoms with Gasteiger partial charge in [-0.3, -0.25) is 19.3 Å². The lowest BCUT2D eigenvalue weighted by atomic mass is 9.85. The molecule has 166 valence electrons. The van der Waals surface area contributed by atoms with Gasteiger partial charge in [0.25, 0.3) is 0 Å². The molecule has 0 N–H and O–H groups in total. The number of imide groups is 1. The molecule has 3 fully saturated rings. The van der Waals surface area contributed by atoms with Crippen molar-refractivity contribution in [2.75, 3.05) is 11.4 Å². The van der Waals surface area contributed by atoms with E-state index in [1.54, 1.807) is 0 Å². The van der Waals surface area contributed by atoms with Gasteiger partial charge in [0.05, 0.1) is 29.1 Å². The van der Waals surface area contributed by atoms with Crippen molar-refractivity contribution in [1.82, 2.24) is 4.90 Å². The SMILES string of the molecule is O=C(c1ccc(F)cc1)[C@@H]1[C@@H]2C(=O)N(c3cccc(C(F)(F)F)c3)C(=O)[C@@H]2[C@H]2CCCN21. The molecular weight excluding hydrogens is 428 g/mol. The topological polar surface area (TPSA) is 57.7 Å². The van der Waals surface area contributed by atoms with E-state index < -0.39 is 53.0 Å². The van der Waals surface area contributed by atoms with Gasteiger partial charge in [0.15, 0.2) is 5.78 Å². The Morgan fingerprint density at radius 2 is 1.66 bits per heavy atom. The van der Waals surface area contributed by atoms with Gasteiger partial charge in [-0.15, -0.1) is 0 Å². The lowest BCUT2D eigenvalue weighted by Crippen LogP contribution is -2.46. The van der Waals surface area contributed by atoms with Crippen molar-refractivity contribution in [3.63, 3.8) is 0 Å². The molecule has 2 aromatic rings. The minimum absolute atomic E-state index is 0.151. The summed E-state index contributed by atoms with van der Waals surface area (Å²) in [5, 5.41) is 0. The minimum Gasteiger partial charge on any atom is -0.292 e. The van der Waals surface area contributed by atoms with Gasteiger partial charge >= 0.3 is 6.18 Å². The van der Waals surface area contributed by atoms with Crippen LogP contribution in [-0.4, -0.2) is 41.1 Å². The van der Waals surface area contributed by atoms with Gasteiger partial charge in [0.2, 0.25) is 11.8 Å². The standard InChI is InChI=1S/C23H18F4N2O3/c24-14-8-6-12(7-9-14)20(30)19-18-17(16-5-2-10-28(16)19)21(31)29(22(18)32)15-4-1-3-13(11-15)23(25,26)27/h1,3-4,6-9,11,16-19H,2,5,10H2/t16-,17-,18-,19+/m1/s1. The first kappa shape index (κ1) is 20.8. The third-order valence-corrected chi connectivity index (χ3v) is 6.68. The lowest BCUT2D eigenvalue weighted by molar-refractivity contribution is -0.137. The third kappa shape index (κ3) is 3.06. The van der Waals surface area contributed by atoms with Crippen LogP contribution in [0.2, 0.25) is 0 Å². The Hall–Kier alpha value is -3.07. The number of benzene rings is 2. The molecule has 0 aromatic heterocycles. The molecule has 32 heavy (non-hydrogen) atoms. The maximum Gasteiger partial charge on any atom is 0.416 e. The number of anilines is 1. The number of fused-ring (bicyclic) bond motifs is 3. The number of rotatable bonds is 3. The van der Waals surface area contributed by atoms with Crippen LogP contribution in [0.1, 0.15) is 28.8 Å². The summed E-state index contributed by atoms with van der Waals surface area (Å²) in [5.74, 6) is -3.93. The highest BCUT2D eigenvalue weighted by molar-refractivity contribution is 6.24. The molecule has 0 aliphatic carbocycles. The normalized spacial score (nSPS) is 27.7. The van der Waals surface area contributed by atoms with Crippen LogP contribution >= 0.6 is 0 Å². The number of alkyl halides is 3. The summed E-state index contributed by atoms with van der Waals surface area (Å²) in [6, 6.07) is 7.81. The van der Waals surface area contributed by atoms with Gasteiger partial charge in [-0.05, 0) is 61.9 Å². The average Bonchev–Trinajstić information content (AvgIpc) is 3.39. The van der Waals surface area contributed by atoms with Crippen molar-refractivity contribution in [2.24, 2.45) is 11.8 Å². The molecule has 9 heteroatoms. The van der Waals surface area contributed by atoms with Crippen LogP contribution in [0.4, 0.5) is 23.2 Å². The first-order chi connectivity index (χ1) is 15.2. The quantitative estimate of drug-likeness (QED) is 0.410. The molecule has 0 radical (unpaired) electrons. The monoisotopic (exact) mass is 446 g/mol. The van der Waals surface area contributed by atoms with E-state index in [0.717, 1.165) is 41.7 Å². The Morgan fingerprint density at radius 3 is 2.34 bits per heavy atom. The largest absolute Gasteiger partial charge is 0.416 e. The summed E-state index contributed by atoms with van der Waals surface area (Å²) in [5.41, 5.74) is -0.892. The number of carbonyl (C=O) groups excluding carboxylic acids is 3. The fourth-order valence-corrected chi connectivity index (χ4v) is 5.38. The van der Waals surface area contributed by atoms with E-state index in [2.05, 4.69) is 0 Å². The van der Waals surface area contributed by atoms with Crippen molar-refractivity contribution in [3.05, 3.63) is 65.5 Å². The van der Waals surface area contributed by atoms with Crippen LogP contribution in [-0.2, 0) is 15.8 Å². The molecule has 5 rings (SSSR count). The van der Waals surface area contributed by atoms with Gasteiger partial charge in [0.1, 0.15) is 5.82 Å². The Labute approximate surface area is 180 Å². The highest BCUT2D eigenvalue weighted by Gasteiger charge is 2.64. The number of amides is 2. The summed E-state index contributed by atoms with van der Waals surface area (Å²) < 4.78 is 52.8. The molecule has 0 unspecified atom stereocenters. The molecule has 2 amide bonds. The molecule has 0 saturated carbocycles. The fourth-order valence-electron chi connectivity index (χ4n) is 5.38. The van der Waals surface area contributed by atoms with Gasteiger partial charge in [0, 0.05) is 11.6 Å². The second-order valence-electron chi connectivity index (χ2n) is 8.37. The van der Waals surface area contributed by atoms with Gasteiger partial charge in [-0.25, -0.2) is 9.29 Å². The Bertz CT molecular complexity index is 1110. The predicted octanol–water partition coefficient (Wildman–Crippen LogP) is 3.68. The summed E-state index contributed by atoms with van der Waals surface area (Å²) >= 11 is 0. The molecule has 5 nitrogen and oxygen atoms in total. The van der Waals surface area contributed by atoms with Gasteiger partial charge < -0.3 is 0 Å². The molecular formula is C23H18F4N2O3. The van der Waals surface area contributed by atoms with Crippen LogP contribution < -0.4 is 4.90 Å². The van der Waals surface area contributed by atoms with Crippen molar-refractivity contribution >= 4 is 23.3 Å². The third-order valence-electron chi connectivity index (χ3n) is 6.68. The van der Waals surface area contributed by atoms with Crippen molar-refractivity contribution in [2.45, 2.75) is 31.1 Å². The Balaban J connectivity index is 1.54. The van der Waals surface area contributed by atoms with Crippen molar-refractivity contribution < 1.29 is 31.9 Å². The highest BCUT2D eigenvalue weighted by Crippen LogP contribution is 2.48. The molecule has 0 bridgehead atoms. The predicted molar refractivity (Wildman–Crippen MR) is 105 cm³/mol. The molecule has 3 aliphatic rings. The molecule has 3 heterocycles. The Kier molecular flexibility index (Phi) is 4.70. The summed E-state index contributed by atoms with van der Waals surface area (Å²) in [7, 11) is 0. The maximum atomic E-state index is 13.4. The summed E-state index contributed by atoms with van der Waals surface area (Å²) in [6.45, 7) is 0.541. The number of halogens is 4. The second-order valence-corrected chi connectivity index (χ2v) is 8.37. The van der Waals surface area contributed by atoms with E-state index in [9.17, 15) is 31.9 Å². The van der Waals surface area contributed by atoms with Crippen LogP contribution in [0.15, 0.2) is 48.5 Å². The smallest absolute Gasteiger partial charge is 0.292 e. The van der Waals surface area contributed by atoms with E-state index in [1.165, 1.54) is 18.2 Å². The number of carbonyl (C=O) groups is 3. The molecule has 3 saturated heterocycles. The fraction of sp³-hybridized carbons (Fsp3) is 0.348. The van der Waals surface area contributed by atoms with Crippen molar-refractivity contribution in [1.29, 1.82) is 0 Å². The van der Waals surface area contributed by atoms with Crippen molar-refractivity contribution in [3.8, 4) is 0 Å². The van der Waals surface area contributed by atoms with Gasteiger partial charge in [-0.2, -0.15) is 13.2 Å². The average molecular weight is 446 g/mol. The first-order valence-corrected chi connectivity index (χ1v) is 10.3. The molecule has 3 aliphatic heterocycles. The maximum absolute atomic E-state index is 13.4. The minimum atomic E-state index is -4.62. The van der Waals surface area contributed by atoms with Crippen LogP contribution in [0, 0.1) is 17.7 Å².